The van der Waals surface area contributed by atoms with E-state index in [0.29, 0.717) is 6.04 Å². The molecule has 0 aliphatic heterocycles. The van der Waals surface area contributed by atoms with Gasteiger partial charge in [-0.15, -0.1) is 0 Å². The number of nitrogens with one attached hydrogen (secondary N) is 1. The van der Waals surface area contributed by atoms with Crippen LogP contribution in [0.4, 0.5) is 0 Å². The zero-order valence-electron chi connectivity index (χ0n) is 12.8. The van der Waals surface area contributed by atoms with Gasteiger partial charge in [0, 0.05) is 10.5 Å². The number of halogens is 1. The molecule has 21 heavy (non-hydrogen) atoms. The monoisotopic (exact) mass is 347 g/mol. The van der Waals surface area contributed by atoms with Crippen molar-refractivity contribution in [2.75, 3.05) is 13.7 Å². The van der Waals surface area contributed by atoms with Crippen molar-refractivity contribution >= 4 is 15.9 Å². The Hall–Kier alpha value is -1.32. The minimum absolute atomic E-state index is 0.304. The third-order valence-electron chi connectivity index (χ3n) is 3.65. The molecule has 3 heteroatoms. The van der Waals surface area contributed by atoms with Crippen LogP contribution in [0.3, 0.4) is 0 Å². The maximum Gasteiger partial charge on any atom is 0.121 e. The van der Waals surface area contributed by atoms with E-state index in [2.05, 4.69) is 71.5 Å². The zero-order chi connectivity index (χ0) is 15.2. The summed E-state index contributed by atoms with van der Waals surface area (Å²) in [5.74, 6) is 0.940. The van der Waals surface area contributed by atoms with Crippen molar-refractivity contribution in [3.8, 4) is 5.75 Å². The van der Waals surface area contributed by atoms with E-state index >= 15 is 0 Å². The van der Waals surface area contributed by atoms with Gasteiger partial charge in [0.2, 0.25) is 0 Å². The highest BCUT2D eigenvalue weighted by Crippen LogP contribution is 2.27. The quantitative estimate of drug-likeness (QED) is 0.820. The molecule has 2 aromatic rings. The van der Waals surface area contributed by atoms with Crippen LogP contribution in [0.2, 0.25) is 0 Å². The van der Waals surface area contributed by atoms with Gasteiger partial charge in [0.15, 0.2) is 0 Å². The smallest absolute Gasteiger partial charge is 0.121 e. The van der Waals surface area contributed by atoms with Crippen LogP contribution in [-0.4, -0.2) is 13.7 Å². The van der Waals surface area contributed by atoms with Gasteiger partial charge >= 0.3 is 0 Å². The Morgan fingerprint density at radius 3 is 2.57 bits per heavy atom. The summed E-state index contributed by atoms with van der Waals surface area (Å²) in [4.78, 5) is 0. The number of methoxy groups -OCH3 is 1. The van der Waals surface area contributed by atoms with Crippen LogP contribution in [0.5, 0.6) is 5.75 Å². The van der Waals surface area contributed by atoms with Gasteiger partial charge in [0.1, 0.15) is 5.75 Å². The van der Waals surface area contributed by atoms with Crippen LogP contribution in [-0.2, 0) is 6.42 Å². The molecule has 112 valence electrons. The first-order valence-corrected chi connectivity index (χ1v) is 8.06. The molecular weight excluding hydrogens is 326 g/mol. The van der Waals surface area contributed by atoms with Gasteiger partial charge in [-0.05, 0) is 48.7 Å². The summed E-state index contributed by atoms with van der Waals surface area (Å²) in [5.41, 5.74) is 3.79. The maximum absolute atomic E-state index is 5.35. The summed E-state index contributed by atoms with van der Waals surface area (Å²) < 4.78 is 6.51. The number of hydrogen-bond acceptors (Lipinski definition) is 2. The lowest BCUT2D eigenvalue weighted by molar-refractivity contribution is 0.411. The fourth-order valence-corrected chi connectivity index (χ4v) is 3.00. The van der Waals surface area contributed by atoms with Crippen molar-refractivity contribution in [1.82, 2.24) is 5.32 Å². The van der Waals surface area contributed by atoms with E-state index in [1.165, 1.54) is 16.7 Å². The van der Waals surface area contributed by atoms with Crippen molar-refractivity contribution in [1.29, 1.82) is 0 Å². The van der Waals surface area contributed by atoms with E-state index in [-0.39, 0.29) is 0 Å². The zero-order valence-corrected chi connectivity index (χ0v) is 14.4. The van der Waals surface area contributed by atoms with Crippen LogP contribution in [0.1, 0.15) is 29.7 Å². The summed E-state index contributed by atoms with van der Waals surface area (Å²) in [6.45, 7) is 5.17. The van der Waals surface area contributed by atoms with Crippen LogP contribution in [0.25, 0.3) is 0 Å². The number of hydrogen-bond donors (Lipinski definition) is 1. The first kappa shape index (κ1) is 16.1. The molecule has 2 nitrogen and oxygen atoms in total. The minimum Gasteiger partial charge on any atom is -0.496 e. The van der Waals surface area contributed by atoms with Gasteiger partial charge < -0.3 is 10.1 Å². The van der Waals surface area contributed by atoms with E-state index < -0.39 is 0 Å². The molecule has 0 aliphatic carbocycles. The first-order valence-electron chi connectivity index (χ1n) is 7.27. The molecule has 0 aromatic heterocycles. The average Bonchev–Trinajstić information content (AvgIpc) is 2.49. The highest BCUT2D eigenvalue weighted by Gasteiger charge is 2.14. The third-order valence-corrected chi connectivity index (χ3v) is 4.43. The topological polar surface area (TPSA) is 21.3 Å². The Balaban J connectivity index is 2.26. The van der Waals surface area contributed by atoms with Gasteiger partial charge in [-0.2, -0.15) is 0 Å². The Morgan fingerprint density at radius 1 is 1.19 bits per heavy atom. The second kappa shape index (κ2) is 7.62. The predicted octanol–water partition coefficient (Wildman–Crippen LogP) is 4.66. The third kappa shape index (κ3) is 4.08. The molecule has 1 atom stereocenters. The first-order chi connectivity index (χ1) is 10.2. The molecule has 0 spiro atoms. The second-order valence-corrected chi connectivity index (χ2v) is 5.99. The van der Waals surface area contributed by atoms with Gasteiger partial charge in [-0.25, -0.2) is 0 Å². The number of aryl methyl sites for hydroxylation is 1. The predicted molar refractivity (Wildman–Crippen MR) is 92.0 cm³/mol. The van der Waals surface area contributed by atoms with Crippen molar-refractivity contribution in [2.45, 2.75) is 26.3 Å². The molecule has 2 rings (SSSR count). The molecule has 0 saturated carbocycles. The SMILES string of the molecule is CCNC(Cc1ccccc1Br)c1ccc(OC)c(C)c1. The van der Waals surface area contributed by atoms with Crippen molar-refractivity contribution in [3.05, 3.63) is 63.6 Å². The highest BCUT2D eigenvalue weighted by atomic mass is 79.9. The average molecular weight is 348 g/mol. The molecule has 1 N–H and O–H groups in total. The number of likely N-dealkylation sites (N-methyl/N-ethyl adjacent to an activating group) is 1. The fraction of sp³-hybridized carbons (Fsp3) is 0.333. The van der Waals surface area contributed by atoms with Crippen LogP contribution in [0.15, 0.2) is 46.9 Å². The molecule has 0 amide bonds. The van der Waals surface area contributed by atoms with Gasteiger partial charge in [-0.1, -0.05) is 53.2 Å². The second-order valence-electron chi connectivity index (χ2n) is 5.13. The maximum atomic E-state index is 5.35. The van der Waals surface area contributed by atoms with Gasteiger partial charge in [0.05, 0.1) is 7.11 Å². The lowest BCUT2D eigenvalue weighted by atomic mass is 9.97. The number of ether oxygens (including phenoxy) is 1. The molecule has 0 bridgehead atoms. The standard InChI is InChI=1S/C18H22BrNO/c1-4-20-17(12-14-7-5-6-8-16(14)19)15-9-10-18(21-3)13(2)11-15/h5-11,17,20H,4,12H2,1-3H3. The van der Waals surface area contributed by atoms with Crippen molar-refractivity contribution in [2.24, 2.45) is 0 Å². The molecule has 2 aromatic carbocycles. The van der Waals surface area contributed by atoms with Gasteiger partial charge in [0.25, 0.3) is 0 Å². The Bertz CT molecular complexity index is 598. The summed E-state index contributed by atoms with van der Waals surface area (Å²) in [5, 5.41) is 3.58. The van der Waals surface area contributed by atoms with E-state index in [0.717, 1.165) is 23.2 Å². The minimum atomic E-state index is 0.304. The fourth-order valence-electron chi connectivity index (χ4n) is 2.56. The van der Waals surface area contributed by atoms with Crippen molar-refractivity contribution < 1.29 is 4.74 Å². The van der Waals surface area contributed by atoms with Gasteiger partial charge in [-0.3, -0.25) is 0 Å². The Labute approximate surface area is 135 Å². The largest absolute Gasteiger partial charge is 0.496 e. The lowest BCUT2D eigenvalue weighted by Crippen LogP contribution is -2.23. The summed E-state index contributed by atoms with van der Waals surface area (Å²) in [7, 11) is 1.71. The van der Waals surface area contributed by atoms with Crippen molar-refractivity contribution in [3.63, 3.8) is 0 Å². The Kier molecular flexibility index (Phi) is 5.83. The van der Waals surface area contributed by atoms with Crippen LogP contribution < -0.4 is 10.1 Å². The molecular formula is C18H22BrNO. The van der Waals surface area contributed by atoms with Crippen LogP contribution >= 0.6 is 15.9 Å². The number of rotatable bonds is 6. The molecule has 1 unspecified atom stereocenters. The number of benzene rings is 2. The van der Waals surface area contributed by atoms with E-state index in [4.69, 9.17) is 4.74 Å². The van der Waals surface area contributed by atoms with E-state index in [1.54, 1.807) is 7.11 Å². The van der Waals surface area contributed by atoms with E-state index in [9.17, 15) is 0 Å². The summed E-state index contributed by atoms with van der Waals surface area (Å²) >= 11 is 3.64. The molecule has 0 saturated heterocycles. The summed E-state index contributed by atoms with van der Waals surface area (Å²) in [6.07, 6.45) is 0.959. The normalized spacial score (nSPS) is 12.2. The highest BCUT2D eigenvalue weighted by molar-refractivity contribution is 9.10. The lowest BCUT2D eigenvalue weighted by Gasteiger charge is -2.20. The molecule has 0 aliphatic rings. The summed E-state index contributed by atoms with van der Waals surface area (Å²) in [6, 6.07) is 15.1. The van der Waals surface area contributed by atoms with E-state index in [1.807, 2.05) is 6.07 Å². The molecule has 0 radical (unpaired) electrons. The molecule has 0 fully saturated rings. The Morgan fingerprint density at radius 2 is 1.95 bits per heavy atom. The molecule has 0 heterocycles. The van der Waals surface area contributed by atoms with Crippen LogP contribution in [0, 0.1) is 6.92 Å².